The second-order valence-electron chi connectivity index (χ2n) is 5.55. The van der Waals surface area contributed by atoms with Gasteiger partial charge in [-0.25, -0.2) is 9.59 Å². The van der Waals surface area contributed by atoms with E-state index in [1.165, 1.54) is 0 Å². The molecule has 132 valence electrons. The minimum absolute atomic E-state index is 0.101. The number of carbonyl (C=O) groups excluding carboxylic acids is 1. The third-order valence-corrected chi connectivity index (χ3v) is 3.65. The van der Waals surface area contributed by atoms with Gasteiger partial charge < -0.3 is 24.6 Å². The lowest BCUT2D eigenvalue weighted by molar-refractivity contribution is -0.166. The van der Waals surface area contributed by atoms with Crippen molar-refractivity contribution in [3.63, 3.8) is 0 Å². The third kappa shape index (κ3) is 6.55. The SMILES string of the molecule is O=C(O)N[C@@H](CCOC1CCCCO1)C(=O)OCc1ccccc1. The molecule has 1 aliphatic rings. The van der Waals surface area contributed by atoms with E-state index in [1.54, 1.807) is 0 Å². The van der Waals surface area contributed by atoms with E-state index in [9.17, 15) is 9.59 Å². The third-order valence-electron chi connectivity index (χ3n) is 3.65. The Balaban J connectivity index is 1.77. The highest BCUT2D eigenvalue weighted by molar-refractivity contribution is 5.80. The van der Waals surface area contributed by atoms with Gasteiger partial charge >= 0.3 is 12.1 Å². The molecule has 0 aromatic heterocycles. The maximum Gasteiger partial charge on any atom is 0.405 e. The van der Waals surface area contributed by atoms with E-state index in [1.807, 2.05) is 30.3 Å². The summed E-state index contributed by atoms with van der Waals surface area (Å²) in [5.74, 6) is -0.616. The average Bonchev–Trinajstić information content (AvgIpc) is 2.60. The quantitative estimate of drug-likeness (QED) is 0.707. The number of amides is 1. The highest BCUT2D eigenvalue weighted by atomic mass is 16.7. The van der Waals surface area contributed by atoms with Crippen molar-refractivity contribution in [2.75, 3.05) is 13.2 Å². The number of hydrogen-bond donors (Lipinski definition) is 2. The smallest absolute Gasteiger partial charge is 0.405 e. The van der Waals surface area contributed by atoms with Crippen LogP contribution in [0.5, 0.6) is 0 Å². The van der Waals surface area contributed by atoms with Crippen LogP contribution in [0.2, 0.25) is 0 Å². The number of rotatable bonds is 8. The van der Waals surface area contributed by atoms with Crippen molar-refractivity contribution < 1.29 is 28.9 Å². The van der Waals surface area contributed by atoms with Crippen LogP contribution in [0.4, 0.5) is 4.79 Å². The van der Waals surface area contributed by atoms with Crippen molar-refractivity contribution in [2.24, 2.45) is 0 Å². The van der Waals surface area contributed by atoms with Gasteiger partial charge in [-0.05, 0) is 24.8 Å². The molecule has 2 N–H and O–H groups in total. The van der Waals surface area contributed by atoms with Crippen LogP contribution in [0, 0.1) is 0 Å². The Labute approximate surface area is 140 Å². The summed E-state index contributed by atoms with van der Waals surface area (Å²) in [6.45, 7) is 0.987. The van der Waals surface area contributed by atoms with Crippen molar-refractivity contribution in [3.8, 4) is 0 Å². The van der Waals surface area contributed by atoms with Gasteiger partial charge in [0.05, 0.1) is 6.61 Å². The van der Waals surface area contributed by atoms with Crippen LogP contribution in [-0.4, -0.2) is 42.7 Å². The van der Waals surface area contributed by atoms with Crippen molar-refractivity contribution in [1.82, 2.24) is 5.32 Å². The maximum absolute atomic E-state index is 12.1. The van der Waals surface area contributed by atoms with Gasteiger partial charge in [-0.15, -0.1) is 0 Å². The molecule has 1 aliphatic heterocycles. The van der Waals surface area contributed by atoms with Crippen LogP contribution in [0.1, 0.15) is 31.2 Å². The molecular formula is C17H23NO6. The number of benzene rings is 1. The minimum Gasteiger partial charge on any atom is -0.465 e. The molecule has 0 spiro atoms. The highest BCUT2D eigenvalue weighted by Gasteiger charge is 2.23. The molecule has 2 rings (SSSR count). The second-order valence-corrected chi connectivity index (χ2v) is 5.55. The molecule has 24 heavy (non-hydrogen) atoms. The van der Waals surface area contributed by atoms with Crippen LogP contribution in [-0.2, 0) is 25.6 Å². The van der Waals surface area contributed by atoms with Crippen molar-refractivity contribution >= 4 is 12.1 Å². The summed E-state index contributed by atoms with van der Waals surface area (Å²) >= 11 is 0. The van der Waals surface area contributed by atoms with Gasteiger partial charge in [0.1, 0.15) is 12.6 Å². The summed E-state index contributed by atoms with van der Waals surface area (Å²) in [4.78, 5) is 23.0. The van der Waals surface area contributed by atoms with E-state index >= 15 is 0 Å². The zero-order chi connectivity index (χ0) is 17.2. The Kier molecular flexibility index (Phi) is 7.51. The number of carbonyl (C=O) groups is 2. The van der Waals surface area contributed by atoms with Crippen molar-refractivity contribution in [1.29, 1.82) is 0 Å². The molecule has 1 aromatic rings. The van der Waals surface area contributed by atoms with E-state index in [0.29, 0.717) is 6.61 Å². The lowest BCUT2D eigenvalue weighted by atomic mass is 10.2. The molecule has 7 heteroatoms. The number of hydrogen-bond acceptors (Lipinski definition) is 5. The monoisotopic (exact) mass is 337 g/mol. The van der Waals surface area contributed by atoms with E-state index < -0.39 is 18.1 Å². The van der Waals surface area contributed by atoms with Crippen LogP contribution >= 0.6 is 0 Å². The number of nitrogens with one attached hydrogen (secondary N) is 1. The summed E-state index contributed by atoms with van der Waals surface area (Å²) in [5, 5.41) is 11.1. The van der Waals surface area contributed by atoms with Gasteiger partial charge in [0.25, 0.3) is 0 Å². The summed E-state index contributed by atoms with van der Waals surface area (Å²) < 4.78 is 16.2. The summed E-state index contributed by atoms with van der Waals surface area (Å²) in [6, 6.07) is 8.25. The first-order valence-electron chi connectivity index (χ1n) is 8.08. The Morgan fingerprint density at radius 3 is 2.75 bits per heavy atom. The fraction of sp³-hybridized carbons (Fsp3) is 0.529. The van der Waals surface area contributed by atoms with Gasteiger partial charge in [0.15, 0.2) is 6.29 Å². The largest absolute Gasteiger partial charge is 0.465 e. The van der Waals surface area contributed by atoms with Gasteiger partial charge in [0.2, 0.25) is 0 Å². The zero-order valence-corrected chi connectivity index (χ0v) is 13.5. The Morgan fingerprint density at radius 1 is 1.29 bits per heavy atom. The Morgan fingerprint density at radius 2 is 2.08 bits per heavy atom. The molecule has 1 saturated heterocycles. The van der Waals surface area contributed by atoms with Crippen LogP contribution in [0.15, 0.2) is 30.3 Å². The number of carboxylic acid groups (broad SMARTS) is 1. The first-order chi connectivity index (χ1) is 11.6. The van der Waals surface area contributed by atoms with E-state index in [2.05, 4.69) is 5.32 Å². The van der Waals surface area contributed by atoms with Gasteiger partial charge in [-0.3, -0.25) is 0 Å². The zero-order valence-electron chi connectivity index (χ0n) is 13.5. The summed E-state index contributed by atoms with van der Waals surface area (Å²) in [5.41, 5.74) is 0.840. The minimum atomic E-state index is -1.27. The second kappa shape index (κ2) is 9.89. The van der Waals surface area contributed by atoms with Gasteiger partial charge in [-0.2, -0.15) is 0 Å². The summed E-state index contributed by atoms with van der Waals surface area (Å²) in [6.07, 6.45) is 1.53. The molecule has 1 amide bonds. The van der Waals surface area contributed by atoms with Crippen LogP contribution in [0.25, 0.3) is 0 Å². The van der Waals surface area contributed by atoms with Gasteiger partial charge in [0, 0.05) is 13.0 Å². The van der Waals surface area contributed by atoms with E-state index in [4.69, 9.17) is 19.3 Å². The van der Waals surface area contributed by atoms with Crippen LogP contribution in [0.3, 0.4) is 0 Å². The predicted molar refractivity (Wildman–Crippen MR) is 85.3 cm³/mol. The molecule has 1 aromatic carbocycles. The van der Waals surface area contributed by atoms with Crippen molar-refractivity contribution in [3.05, 3.63) is 35.9 Å². The standard InChI is InChI=1S/C17H23NO6/c19-16(24-12-13-6-2-1-3-7-13)14(18-17(20)21)9-11-23-15-8-4-5-10-22-15/h1-3,6-7,14-15,18H,4-5,8-12H2,(H,20,21)/t14-,15?/m0/s1. The molecule has 2 atom stereocenters. The molecular weight excluding hydrogens is 314 g/mol. The fourth-order valence-electron chi connectivity index (χ4n) is 2.39. The first-order valence-corrected chi connectivity index (χ1v) is 8.08. The molecule has 0 bridgehead atoms. The maximum atomic E-state index is 12.1. The summed E-state index contributed by atoms with van der Waals surface area (Å²) in [7, 11) is 0. The topological polar surface area (TPSA) is 94.1 Å². The lowest BCUT2D eigenvalue weighted by Crippen LogP contribution is -2.42. The molecule has 0 saturated carbocycles. The lowest BCUT2D eigenvalue weighted by Gasteiger charge is -2.23. The Hall–Kier alpha value is -2.12. The Bertz CT molecular complexity index is 515. The molecule has 1 heterocycles. The molecule has 7 nitrogen and oxygen atoms in total. The molecule has 1 unspecified atom stereocenters. The molecule has 0 aliphatic carbocycles. The normalized spacial score (nSPS) is 18.6. The van der Waals surface area contributed by atoms with E-state index in [-0.39, 0.29) is 25.9 Å². The fourth-order valence-corrected chi connectivity index (χ4v) is 2.39. The molecule has 1 fully saturated rings. The average molecular weight is 337 g/mol. The van der Waals surface area contributed by atoms with E-state index in [0.717, 1.165) is 24.8 Å². The highest BCUT2D eigenvalue weighted by Crippen LogP contribution is 2.14. The predicted octanol–water partition coefficient (Wildman–Crippen LogP) is 2.30. The first kappa shape index (κ1) is 18.2. The van der Waals surface area contributed by atoms with Crippen molar-refractivity contribution in [2.45, 2.75) is 44.6 Å². The van der Waals surface area contributed by atoms with Gasteiger partial charge in [-0.1, -0.05) is 30.3 Å². The van der Waals surface area contributed by atoms with Crippen LogP contribution < -0.4 is 5.32 Å². The number of ether oxygens (including phenoxy) is 3. The molecule has 0 radical (unpaired) electrons. The number of esters is 1.